The fourth-order valence-electron chi connectivity index (χ4n) is 10.9. The number of rotatable bonds is 78. The third kappa shape index (κ3) is 79.0. The average Bonchev–Trinajstić information content (AvgIpc) is 0.896. The molecular formula is C89H150O17P2. The molecule has 0 radical (unpaired) electrons. The summed E-state index contributed by atoms with van der Waals surface area (Å²) in [4.78, 5) is 73.2. The highest BCUT2D eigenvalue weighted by atomic mass is 31.2. The second-order valence-corrected chi connectivity index (χ2v) is 30.6. The summed E-state index contributed by atoms with van der Waals surface area (Å²) in [5.74, 6) is -2.31. The van der Waals surface area contributed by atoms with Gasteiger partial charge in [0, 0.05) is 25.7 Å². The van der Waals surface area contributed by atoms with Gasteiger partial charge in [0.15, 0.2) is 12.2 Å². The number of carbonyl (C=O) groups excluding carboxylic acids is 4. The first-order valence-electron chi connectivity index (χ1n) is 42.1. The molecule has 0 spiro atoms. The predicted molar refractivity (Wildman–Crippen MR) is 445 cm³/mol. The molecule has 618 valence electrons. The summed E-state index contributed by atoms with van der Waals surface area (Å²) in [5, 5.41) is 10.7. The monoisotopic (exact) mass is 1550 g/mol. The van der Waals surface area contributed by atoms with Crippen molar-refractivity contribution in [3.63, 3.8) is 0 Å². The van der Waals surface area contributed by atoms with Crippen LogP contribution in [0.25, 0.3) is 0 Å². The number of ether oxygens (including phenoxy) is 4. The lowest BCUT2D eigenvalue weighted by atomic mass is 10.1. The van der Waals surface area contributed by atoms with Gasteiger partial charge in [-0.25, -0.2) is 9.13 Å². The number of hydrogen-bond acceptors (Lipinski definition) is 15. The van der Waals surface area contributed by atoms with Crippen molar-refractivity contribution in [2.45, 2.75) is 354 Å². The fraction of sp³-hybridized carbons (Fsp3) is 0.685. The molecule has 5 atom stereocenters. The van der Waals surface area contributed by atoms with Crippen LogP contribution >= 0.6 is 15.6 Å². The topological polar surface area (TPSA) is 237 Å². The maximum Gasteiger partial charge on any atom is 0.472 e. The molecule has 0 aromatic rings. The van der Waals surface area contributed by atoms with E-state index in [1.54, 1.807) is 0 Å². The molecule has 0 rings (SSSR count). The Morgan fingerprint density at radius 3 is 0.833 bits per heavy atom. The maximum atomic E-state index is 13.1. The Hall–Kier alpha value is -5.06. The number of aliphatic hydroxyl groups is 1. The standard InChI is InChI=1S/C89H150O17P2/c1-5-9-13-17-21-25-29-33-37-39-41-43-47-50-54-58-62-66-70-74-87(92)100-80-85(106-89(94)76-72-68-64-60-56-52-48-44-42-40-38-34-30-26-22-18-14-10-6-2)82-104-108(97,98)102-78-83(90)77-101-107(95,96)103-81-84(105-88(93)75-71-67-63-59-55-51-46-36-32-28-24-20-16-12-8-4)79-99-86(91)73-69-65-61-57-53-49-45-35-31-27-23-19-15-11-7-3/h9,13,21-22,25-28,31-34,37-38,41-44,50,52,54,56,64,68,83-85,90H,5-8,10-12,14-20,23-24,29-30,35-36,39-40,45-49,51,53,55,57-63,65-67,69-82H2,1-4H3,(H,95,96)(H,97,98)/b13-9-,25-21-,26-22-,31-27-,32-28-,37-33-,38-34-,43-41-,44-42-,54-50-,56-52-,68-64-/t83-,84+,85+/m0/s1. The van der Waals surface area contributed by atoms with Crippen molar-refractivity contribution in [1.29, 1.82) is 0 Å². The van der Waals surface area contributed by atoms with Gasteiger partial charge in [-0.2, -0.15) is 0 Å². The van der Waals surface area contributed by atoms with Gasteiger partial charge < -0.3 is 33.8 Å². The molecule has 0 aromatic heterocycles. The van der Waals surface area contributed by atoms with Gasteiger partial charge in [-0.3, -0.25) is 37.3 Å². The van der Waals surface area contributed by atoms with Crippen LogP contribution in [0, 0.1) is 0 Å². The summed E-state index contributed by atoms with van der Waals surface area (Å²) in [7, 11) is -10.0. The number of carbonyl (C=O) groups is 4. The molecule has 3 N–H and O–H groups in total. The molecule has 0 aliphatic heterocycles. The van der Waals surface area contributed by atoms with E-state index in [-0.39, 0.29) is 25.7 Å². The van der Waals surface area contributed by atoms with Crippen LogP contribution in [0.1, 0.15) is 336 Å². The van der Waals surface area contributed by atoms with E-state index in [9.17, 15) is 43.2 Å². The Morgan fingerprint density at radius 2 is 0.500 bits per heavy atom. The van der Waals surface area contributed by atoms with E-state index >= 15 is 0 Å². The number of phosphoric acid groups is 2. The first-order chi connectivity index (χ1) is 52.7. The average molecular weight is 1550 g/mol. The third-order valence-electron chi connectivity index (χ3n) is 17.3. The summed E-state index contributed by atoms with van der Waals surface area (Å²) in [6.07, 6.45) is 92.5. The first kappa shape index (κ1) is 103. The van der Waals surface area contributed by atoms with E-state index in [2.05, 4.69) is 155 Å². The molecule has 2 unspecified atom stereocenters. The van der Waals surface area contributed by atoms with Gasteiger partial charge in [-0.1, -0.05) is 296 Å². The molecule has 0 amide bonds. The fourth-order valence-corrected chi connectivity index (χ4v) is 12.4. The lowest BCUT2D eigenvalue weighted by Gasteiger charge is -2.21. The van der Waals surface area contributed by atoms with Crippen molar-refractivity contribution in [2.75, 3.05) is 39.6 Å². The van der Waals surface area contributed by atoms with Crippen LogP contribution < -0.4 is 0 Å². The van der Waals surface area contributed by atoms with Gasteiger partial charge in [-0.05, 0) is 161 Å². The highest BCUT2D eigenvalue weighted by molar-refractivity contribution is 7.47. The highest BCUT2D eigenvalue weighted by Crippen LogP contribution is 2.45. The molecule has 19 heteroatoms. The summed E-state index contributed by atoms with van der Waals surface area (Å²) < 4.78 is 68.6. The maximum absolute atomic E-state index is 13.1. The van der Waals surface area contributed by atoms with Crippen LogP contribution in [0.5, 0.6) is 0 Å². The zero-order valence-electron chi connectivity index (χ0n) is 67.7. The molecule has 0 aliphatic rings. The third-order valence-corrected chi connectivity index (χ3v) is 19.2. The van der Waals surface area contributed by atoms with Gasteiger partial charge in [0.05, 0.1) is 26.4 Å². The minimum Gasteiger partial charge on any atom is -0.462 e. The molecular weight excluding hydrogens is 1400 g/mol. The van der Waals surface area contributed by atoms with Gasteiger partial charge >= 0.3 is 39.5 Å². The Morgan fingerprint density at radius 1 is 0.269 bits per heavy atom. The molecule has 0 bridgehead atoms. The van der Waals surface area contributed by atoms with E-state index in [1.165, 1.54) is 83.5 Å². The van der Waals surface area contributed by atoms with E-state index in [0.717, 1.165) is 167 Å². The van der Waals surface area contributed by atoms with Gasteiger partial charge in [0.25, 0.3) is 0 Å². The van der Waals surface area contributed by atoms with Crippen LogP contribution in [-0.4, -0.2) is 96.7 Å². The number of phosphoric ester groups is 2. The van der Waals surface area contributed by atoms with Crippen molar-refractivity contribution in [1.82, 2.24) is 0 Å². The molecule has 0 aliphatic carbocycles. The van der Waals surface area contributed by atoms with E-state index in [0.29, 0.717) is 32.1 Å². The van der Waals surface area contributed by atoms with Gasteiger partial charge in [-0.15, -0.1) is 0 Å². The van der Waals surface area contributed by atoms with Gasteiger partial charge in [0.2, 0.25) is 0 Å². The summed E-state index contributed by atoms with van der Waals surface area (Å²) >= 11 is 0. The van der Waals surface area contributed by atoms with Crippen LogP contribution in [-0.2, 0) is 65.4 Å². The van der Waals surface area contributed by atoms with Crippen molar-refractivity contribution < 1.29 is 80.2 Å². The number of hydrogen-bond donors (Lipinski definition) is 3. The largest absolute Gasteiger partial charge is 0.472 e. The van der Waals surface area contributed by atoms with Crippen LogP contribution in [0.4, 0.5) is 0 Å². The molecule has 0 saturated heterocycles. The second kappa shape index (κ2) is 80.0. The van der Waals surface area contributed by atoms with Crippen molar-refractivity contribution in [3.05, 3.63) is 146 Å². The minimum absolute atomic E-state index is 0.0403. The molecule has 0 fully saturated rings. The van der Waals surface area contributed by atoms with Gasteiger partial charge in [0.1, 0.15) is 19.3 Å². The predicted octanol–water partition coefficient (Wildman–Crippen LogP) is 25.0. The zero-order valence-corrected chi connectivity index (χ0v) is 69.5. The Labute approximate surface area is 656 Å². The van der Waals surface area contributed by atoms with Crippen LogP contribution in [0.15, 0.2) is 146 Å². The second-order valence-electron chi connectivity index (χ2n) is 27.7. The van der Waals surface area contributed by atoms with E-state index in [1.807, 2.05) is 18.2 Å². The molecule has 108 heavy (non-hydrogen) atoms. The summed E-state index contributed by atoms with van der Waals surface area (Å²) in [6.45, 7) is 4.60. The normalized spacial score (nSPS) is 14.5. The first-order valence-corrected chi connectivity index (χ1v) is 45.1. The number of aliphatic hydroxyl groups excluding tert-OH is 1. The van der Waals surface area contributed by atoms with Crippen LogP contribution in [0.3, 0.4) is 0 Å². The number of unbranched alkanes of at least 4 members (excludes halogenated alkanes) is 28. The lowest BCUT2D eigenvalue weighted by molar-refractivity contribution is -0.161. The SMILES string of the molecule is CC/C=C\C/C=C\C/C=C\C/C=C\C/C=C\CCCCCC(=O)OC[C@H](COP(=O)(O)OC[C@@H](O)COP(=O)(O)OC[C@@H](COC(=O)CCCCCCCCC/C=C\CCCCCC)OC(=O)CCCCCCCCC/C=C\CCCCCC)OC(=O)CC/C=C\C/C=C\C/C=C\C/C=C\C/C=C\CCCCC. The molecule has 0 aromatic carbocycles. The van der Waals surface area contributed by atoms with Crippen molar-refractivity contribution >= 4 is 39.5 Å². The Bertz CT molecular complexity index is 2610. The van der Waals surface area contributed by atoms with Crippen molar-refractivity contribution in [3.8, 4) is 0 Å². The van der Waals surface area contributed by atoms with Crippen LogP contribution in [0.2, 0.25) is 0 Å². The lowest BCUT2D eigenvalue weighted by Crippen LogP contribution is -2.30. The smallest absolute Gasteiger partial charge is 0.462 e. The zero-order chi connectivity index (χ0) is 78.9. The highest BCUT2D eigenvalue weighted by Gasteiger charge is 2.30. The number of esters is 4. The summed E-state index contributed by atoms with van der Waals surface area (Å²) in [6, 6.07) is 0. The molecule has 0 heterocycles. The van der Waals surface area contributed by atoms with E-state index < -0.39 is 97.5 Å². The quantitative estimate of drug-likeness (QED) is 0.0169. The van der Waals surface area contributed by atoms with Crippen molar-refractivity contribution in [2.24, 2.45) is 0 Å². The minimum atomic E-state index is -5.01. The number of allylic oxidation sites excluding steroid dienone is 24. The molecule has 17 nitrogen and oxygen atoms in total. The van der Waals surface area contributed by atoms with E-state index in [4.69, 9.17) is 37.0 Å². The Kier molecular flexibility index (Phi) is 76.3. The Balaban J connectivity index is 5.49. The molecule has 0 saturated carbocycles. The summed E-state index contributed by atoms with van der Waals surface area (Å²) in [5.41, 5.74) is 0.